The van der Waals surface area contributed by atoms with Gasteiger partial charge in [-0.1, -0.05) is 6.07 Å². The zero-order valence-corrected chi connectivity index (χ0v) is 11.6. The second-order valence-corrected chi connectivity index (χ2v) is 5.92. The van der Waals surface area contributed by atoms with Crippen molar-refractivity contribution < 1.29 is 8.42 Å². The van der Waals surface area contributed by atoms with Gasteiger partial charge in [-0.3, -0.25) is 4.98 Å². The van der Waals surface area contributed by atoms with Crippen LogP contribution < -0.4 is 10.0 Å². The van der Waals surface area contributed by atoms with E-state index in [0.29, 0.717) is 17.4 Å². The average molecular weight is 279 g/mol. The Labute approximate surface area is 113 Å². The van der Waals surface area contributed by atoms with Crippen LogP contribution in [-0.2, 0) is 10.0 Å². The van der Waals surface area contributed by atoms with E-state index in [1.807, 2.05) is 7.05 Å². The molecule has 0 unspecified atom stereocenters. The van der Waals surface area contributed by atoms with Crippen molar-refractivity contribution in [3.63, 3.8) is 0 Å². The molecular formula is C13H17N3O2S. The zero-order chi connectivity index (χ0) is 13.7. The Morgan fingerprint density at radius 1 is 1.16 bits per heavy atom. The van der Waals surface area contributed by atoms with Gasteiger partial charge in [-0.05, 0) is 44.3 Å². The first kappa shape index (κ1) is 13.9. The summed E-state index contributed by atoms with van der Waals surface area (Å²) < 4.78 is 27.1. The van der Waals surface area contributed by atoms with Crippen molar-refractivity contribution in [3.8, 4) is 0 Å². The second kappa shape index (κ2) is 6.10. The van der Waals surface area contributed by atoms with Crippen molar-refractivity contribution in [2.24, 2.45) is 0 Å². The lowest BCUT2D eigenvalue weighted by Gasteiger charge is -2.09. The smallest absolute Gasteiger partial charge is 0.241 e. The lowest BCUT2D eigenvalue weighted by Crippen LogP contribution is -2.27. The van der Waals surface area contributed by atoms with E-state index in [-0.39, 0.29) is 4.90 Å². The third kappa shape index (κ3) is 3.28. The quantitative estimate of drug-likeness (QED) is 0.777. The predicted molar refractivity (Wildman–Crippen MR) is 75.5 cm³/mol. The van der Waals surface area contributed by atoms with Gasteiger partial charge >= 0.3 is 0 Å². The summed E-state index contributed by atoms with van der Waals surface area (Å²) in [5.41, 5.74) is 0.681. The number of sulfonamides is 1. The van der Waals surface area contributed by atoms with Gasteiger partial charge in [0, 0.05) is 18.1 Å². The molecule has 0 bridgehead atoms. The summed E-state index contributed by atoms with van der Waals surface area (Å²) in [6.07, 6.45) is 2.40. The van der Waals surface area contributed by atoms with E-state index in [9.17, 15) is 8.42 Å². The molecule has 0 fully saturated rings. The molecule has 0 spiro atoms. The van der Waals surface area contributed by atoms with Crippen LogP contribution in [-0.4, -0.2) is 33.5 Å². The number of pyridine rings is 1. The fourth-order valence-electron chi connectivity index (χ4n) is 1.86. The normalized spacial score (nSPS) is 11.8. The molecule has 0 atom stereocenters. The van der Waals surface area contributed by atoms with Crippen molar-refractivity contribution in [1.29, 1.82) is 0 Å². The molecule has 6 heteroatoms. The van der Waals surface area contributed by atoms with Crippen molar-refractivity contribution in [2.75, 3.05) is 20.1 Å². The molecule has 0 amide bonds. The minimum Gasteiger partial charge on any atom is -0.320 e. The van der Waals surface area contributed by atoms with Crippen LogP contribution in [0.15, 0.2) is 41.4 Å². The molecule has 19 heavy (non-hydrogen) atoms. The SMILES string of the molecule is CNCCCNS(=O)(=O)c1cccc2ncccc12. The van der Waals surface area contributed by atoms with E-state index >= 15 is 0 Å². The number of aromatic nitrogens is 1. The molecule has 1 heterocycles. The Morgan fingerprint density at radius 2 is 2.00 bits per heavy atom. The molecular weight excluding hydrogens is 262 g/mol. The molecule has 0 radical (unpaired) electrons. The average Bonchev–Trinajstić information content (AvgIpc) is 2.43. The van der Waals surface area contributed by atoms with Crippen molar-refractivity contribution in [1.82, 2.24) is 15.0 Å². The lowest BCUT2D eigenvalue weighted by atomic mass is 10.2. The van der Waals surface area contributed by atoms with Gasteiger partial charge in [-0.25, -0.2) is 13.1 Å². The molecule has 0 aliphatic heterocycles. The maximum absolute atomic E-state index is 12.3. The molecule has 0 aliphatic carbocycles. The topological polar surface area (TPSA) is 71.1 Å². The van der Waals surface area contributed by atoms with E-state index in [2.05, 4.69) is 15.0 Å². The van der Waals surface area contributed by atoms with Crippen LogP contribution in [0.2, 0.25) is 0 Å². The van der Waals surface area contributed by atoms with Crippen LogP contribution in [0.25, 0.3) is 10.9 Å². The van der Waals surface area contributed by atoms with Crippen LogP contribution in [0.3, 0.4) is 0 Å². The molecule has 5 nitrogen and oxygen atoms in total. The van der Waals surface area contributed by atoms with Crippen LogP contribution in [0, 0.1) is 0 Å². The highest BCUT2D eigenvalue weighted by atomic mass is 32.2. The third-order valence-corrected chi connectivity index (χ3v) is 4.31. The maximum Gasteiger partial charge on any atom is 0.241 e. The number of nitrogens with one attached hydrogen (secondary N) is 2. The second-order valence-electron chi connectivity index (χ2n) is 4.18. The summed E-state index contributed by atoms with van der Waals surface area (Å²) in [5, 5.41) is 3.62. The molecule has 102 valence electrons. The Balaban J connectivity index is 2.28. The minimum absolute atomic E-state index is 0.280. The monoisotopic (exact) mass is 279 g/mol. The van der Waals surface area contributed by atoms with Gasteiger partial charge in [0.15, 0.2) is 0 Å². The van der Waals surface area contributed by atoms with E-state index < -0.39 is 10.0 Å². The number of hydrogen-bond acceptors (Lipinski definition) is 4. The van der Waals surface area contributed by atoms with Crippen LogP contribution in [0.5, 0.6) is 0 Å². The van der Waals surface area contributed by atoms with Crippen molar-refractivity contribution in [3.05, 3.63) is 36.5 Å². The van der Waals surface area contributed by atoms with Crippen LogP contribution in [0.1, 0.15) is 6.42 Å². The number of fused-ring (bicyclic) bond motifs is 1. The summed E-state index contributed by atoms with van der Waals surface area (Å²) in [5.74, 6) is 0. The van der Waals surface area contributed by atoms with Crippen molar-refractivity contribution in [2.45, 2.75) is 11.3 Å². The van der Waals surface area contributed by atoms with Crippen LogP contribution in [0.4, 0.5) is 0 Å². The Morgan fingerprint density at radius 3 is 2.79 bits per heavy atom. The van der Waals surface area contributed by atoms with E-state index in [1.54, 1.807) is 36.5 Å². The summed E-state index contributed by atoms with van der Waals surface area (Å²) in [6, 6.07) is 8.62. The van der Waals surface area contributed by atoms with E-state index in [4.69, 9.17) is 0 Å². The van der Waals surface area contributed by atoms with Gasteiger partial charge in [0.2, 0.25) is 10.0 Å². The molecule has 0 saturated carbocycles. The predicted octanol–water partition coefficient (Wildman–Crippen LogP) is 1.12. The highest BCUT2D eigenvalue weighted by molar-refractivity contribution is 7.89. The zero-order valence-electron chi connectivity index (χ0n) is 10.8. The highest BCUT2D eigenvalue weighted by Gasteiger charge is 2.16. The van der Waals surface area contributed by atoms with Crippen molar-refractivity contribution >= 4 is 20.9 Å². The summed E-state index contributed by atoms with van der Waals surface area (Å²) in [4.78, 5) is 4.44. The van der Waals surface area contributed by atoms with Gasteiger partial charge in [0.25, 0.3) is 0 Å². The summed E-state index contributed by atoms with van der Waals surface area (Å²) in [6.45, 7) is 1.19. The molecule has 1 aromatic heterocycles. The minimum atomic E-state index is -3.49. The first-order valence-corrected chi connectivity index (χ1v) is 7.61. The fraction of sp³-hybridized carbons (Fsp3) is 0.308. The Bertz CT molecular complexity index is 650. The number of benzene rings is 1. The van der Waals surface area contributed by atoms with Gasteiger partial charge in [-0.15, -0.1) is 0 Å². The third-order valence-electron chi connectivity index (χ3n) is 2.79. The number of nitrogens with zero attached hydrogens (tertiary/aromatic N) is 1. The standard InChI is InChI=1S/C13H17N3O2S/c1-14-8-4-10-16-19(17,18)13-7-2-6-12-11(13)5-3-9-15-12/h2-3,5-7,9,14,16H,4,8,10H2,1H3. The first-order chi connectivity index (χ1) is 9.15. The summed E-state index contributed by atoms with van der Waals surface area (Å²) >= 11 is 0. The molecule has 2 aromatic rings. The maximum atomic E-state index is 12.3. The highest BCUT2D eigenvalue weighted by Crippen LogP contribution is 2.20. The van der Waals surface area contributed by atoms with Gasteiger partial charge in [0.05, 0.1) is 10.4 Å². The number of hydrogen-bond donors (Lipinski definition) is 2. The molecule has 2 N–H and O–H groups in total. The fourth-order valence-corrected chi connectivity index (χ4v) is 3.15. The Kier molecular flexibility index (Phi) is 4.47. The van der Waals surface area contributed by atoms with Gasteiger partial charge in [0.1, 0.15) is 0 Å². The lowest BCUT2D eigenvalue weighted by molar-refractivity contribution is 0.578. The molecule has 1 aromatic carbocycles. The largest absolute Gasteiger partial charge is 0.320 e. The van der Waals surface area contributed by atoms with Gasteiger partial charge in [-0.2, -0.15) is 0 Å². The van der Waals surface area contributed by atoms with E-state index in [0.717, 1.165) is 13.0 Å². The van der Waals surface area contributed by atoms with Crippen LogP contribution >= 0.6 is 0 Å². The molecule has 2 rings (SSSR count). The Hall–Kier alpha value is -1.50. The summed E-state index contributed by atoms with van der Waals surface area (Å²) in [7, 11) is -1.65. The first-order valence-electron chi connectivity index (χ1n) is 6.13. The van der Waals surface area contributed by atoms with Gasteiger partial charge < -0.3 is 5.32 Å². The molecule has 0 saturated heterocycles. The molecule has 0 aliphatic rings. The number of rotatable bonds is 6. The van der Waals surface area contributed by atoms with E-state index in [1.165, 1.54) is 0 Å².